The standard InChI is InChI=1S/C35H34ClF8N3O4/c1-5-8-9-10-12-20-14-22(37)13-19(4)30(20)21-15-23(31(38)24(16-21)34(39,40)41)26(18-29(48)51-7-3)45-32(49)27(11-6-2)47-33(50)25(35(42,43)44)17-28(36)46-47/h5-6,13-17,26-27H,1-2,7-12,18H2,3-4H3,(H,45,49)/t26-,27-/m0/s1. The van der Waals surface area contributed by atoms with E-state index >= 15 is 4.39 Å². The summed E-state index contributed by atoms with van der Waals surface area (Å²) in [5, 5.41) is 4.93. The Morgan fingerprint density at radius 2 is 1.67 bits per heavy atom. The third-order valence-electron chi connectivity index (χ3n) is 7.75. The van der Waals surface area contributed by atoms with Crippen molar-refractivity contribution >= 4 is 23.5 Å². The van der Waals surface area contributed by atoms with Gasteiger partial charge >= 0.3 is 18.3 Å². The molecular formula is C35H34ClF8N3O4. The molecule has 2 aromatic carbocycles. The van der Waals surface area contributed by atoms with Crippen LogP contribution in [0.1, 0.15) is 78.9 Å². The van der Waals surface area contributed by atoms with Gasteiger partial charge in [0.1, 0.15) is 23.2 Å². The number of nitrogens with one attached hydrogen (secondary N) is 1. The third kappa shape index (κ3) is 10.3. The Kier molecular flexibility index (Phi) is 13.7. The SMILES string of the molecule is C=CCCCCc1cc(F)cc(C)c1-c1cc([C@H](CC(=O)OCC)NC(=O)[C@H](CC=C)n2nc(Cl)cc(C(F)(F)F)c2=O)c(F)c(C(F)(F)F)c1. The van der Waals surface area contributed by atoms with Crippen LogP contribution in [0.2, 0.25) is 5.15 Å². The predicted molar refractivity (Wildman–Crippen MR) is 174 cm³/mol. The van der Waals surface area contributed by atoms with Crippen molar-refractivity contribution in [2.24, 2.45) is 0 Å². The summed E-state index contributed by atoms with van der Waals surface area (Å²) >= 11 is 5.75. The molecule has 0 aliphatic carbocycles. The number of alkyl halides is 6. The molecule has 276 valence electrons. The van der Waals surface area contributed by atoms with Crippen LogP contribution < -0.4 is 10.9 Å². The van der Waals surface area contributed by atoms with Gasteiger partial charge in [0.05, 0.1) is 24.6 Å². The Morgan fingerprint density at radius 3 is 2.25 bits per heavy atom. The number of carbonyl (C=O) groups is 2. The van der Waals surface area contributed by atoms with Crippen molar-refractivity contribution in [2.75, 3.05) is 6.61 Å². The number of benzene rings is 2. The number of nitrogens with zero attached hydrogens (tertiary/aromatic N) is 2. The normalized spacial score (nSPS) is 13.0. The van der Waals surface area contributed by atoms with Gasteiger partial charge in [-0.15, -0.1) is 13.2 Å². The Balaban J connectivity index is 2.28. The monoisotopic (exact) mass is 747 g/mol. The molecule has 0 unspecified atom stereocenters. The van der Waals surface area contributed by atoms with Crippen LogP contribution in [0.4, 0.5) is 35.1 Å². The van der Waals surface area contributed by atoms with Gasteiger partial charge in [-0.05, 0) is 98.5 Å². The summed E-state index contributed by atoms with van der Waals surface area (Å²) in [6, 6.07) is 0.113. The molecule has 1 aromatic heterocycles. The fourth-order valence-corrected chi connectivity index (χ4v) is 5.73. The van der Waals surface area contributed by atoms with Crippen molar-refractivity contribution in [1.82, 2.24) is 15.1 Å². The maximum Gasteiger partial charge on any atom is 0.421 e. The molecule has 1 amide bonds. The minimum Gasteiger partial charge on any atom is -0.466 e. The molecule has 0 aliphatic rings. The topological polar surface area (TPSA) is 90.3 Å². The number of allylic oxidation sites excluding steroid dienone is 2. The number of amides is 1. The summed E-state index contributed by atoms with van der Waals surface area (Å²) in [7, 11) is 0. The molecule has 1 N–H and O–H groups in total. The number of rotatable bonds is 15. The van der Waals surface area contributed by atoms with E-state index in [0.29, 0.717) is 30.9 Å². The first kappa shape index (κ1) is 40.9. The number of aryl methyl sites for hydroxylation is 2. The Morgan fingerprint density at radius 1 is 1.00 bits per heavy atom. The van der Waals surface area contributed by atoms with E-state index < -0.39 is 88.2 Å². The summed E-state index contributed by atoms with van der Waals surface area (Å²) in [4.78, 5) is 39.3. The second-order valence-corrected chi connectivity index (χ2v) is 11.8. The van der Waals surface area contributed by atoms with Gasteiger partial charge < -0.3 is 10.1 Å². The highest BCUT2D eigenvalue weighted by Gasteiger charge is 2.40. The Hall–Kier alpha value is -4.53. The number of esters is 1. The van der Waals surface area contributed by atoms with E-state index in [1.54, 1.807) is 6.08 Å². The molecule has 0 radical (unpaired) electrons. The molecule has 0 aliphatic heterocycles. The maximum atomic E-state index is 16.0. The number of aromatic nitrogens is 2. The van der Waals surface area contributed by atoms with E-state index in [0.717, 1.165) is 24.3 Å². The molecule has 51 heavy (non-hydrogen) atoms. The second-order valence-electron chi connectivity index (χ2n) is 11.5. The third-order valence-corrected chi connectivity index (χ3v) is 7.93. The van der Waals surface area contributed by atoms with Crippen LogP contribution in [0.5, 0.6) is 0 Å². The van der Waals surface area contributed by atoms with Crippen LogP contribution in [0, 0.1) is 18.6 Å². The van der Waals surface area contributed by atoms with Crippen LogP contribution in [0.25, 0.3) is 11.1 Å². The van der Waals surface area contributed by atoms with Crippen LogP contribution in [0.15, 0.2) is 60.4 Å². The molecule has 0 fully saturated rings. The van der Waals surface area contributed by atoms with E-state index in [1.165, 1.54) is 13.8 Å². The number of carbonyl (C=O) groups excluding carboxylic acids is 2. The highest BCUT2D eigenvalue weighted by molar-refractivity contribution is 6.29. The summed E-state index contributed by atoms with van der Waals surface area (Å²) in [5.74, 6) is -4.95. The fraction of sp³-hybridized carbons (Fsp3) is 0.371. The number of unbranched alkanes of at least 4 members (excludes halogenated alkanes) is 2. The predicted octanol–water partition coefficient (Wildman–Crippen LogP) is 9.01. The van der Waals surface area contributed by atoms with Crippen molar-refractivity contribution < 1.29 is 49.4 Å². The summed E-state index contributed by atoms with van der Waals surface area (Å²) in [5.41, 5.74) is -5.71. The minimum atomic E-state index is -5.30. The first-order valence-electron chi connectivity index (χ1n) is 15.6. The lowest BCUT2D eigenvalue weighted by atomic mass is 9.88. The zero-order valence-electron chi connectivity index (χ0n) is 27.5. The lowest BCUT2D eigenvalue weighted by Crippen LogP contribution is -2.42. The van der Waals surface area contributed by atoms with Gasteiger partial charge in [-0.25, -0.2) is 13.5 Å². The van der Waals surface area contributed by atoms with Gasteiger partial charge in [0.15, 0.2) is 5.15 Å². The first-order chi connectivity index (χ1) is 23.8. The molecule has 0 bridgehead atoms. The Labute approximate surface area is 292 Å². The fourth-order valence-electron chi connectivity index (χ4n) is 5.54. The summed E-state index contributed by atoms with van der Waals surface area (Å²) in [6.07, 6.45) is -7.31. The van der Waals surface area contributed by atoms with Gasteiger partial charge in [-0.2, -0.15) is 31.4 Å². The van der Waals surface area contributed by atoms with E-state index in [1.807, 2.05) is 0 Å². The van der Waals surface area contributed by atoms with Crippen LogP contribution in [0.3, 0.4) is 0 Å². The summed E-state index contributed by atoms with van der Waals surface area (Å²) < 4.78 is 120. The van der Waals surface area contributed by atoms with Crippen LogP contribution in [-0.2, 0) is 33.1 Å². The van der Waals surface area contributed by atoms with E-state index in [2.05, 4.69) is 23.6 Å². The average Bonchev–Trinajstić information content (AvgIpc) is 3.02. The van der Waals surface area contributed by atoms with Crippen molar-refractivity contribution in [3.63, 3.8) is 0 Å². The molecule has 0 saturated carbocycles. The zero-order valence-corrected chi connectivity index (χ0v) is 28.2. The van der Waals surface area contributed by atoms with Crippen molar-refractivity contribution in [1.29, 1.82) is 0 Å². The summed E-state index contributed by atoms with van der Waals surface area (Å²) in [6.45, 7) is 9.72. The molecule has 3 aromatic rings. The zero-order chi connectivity index (χ0) is 38.3. The molecule has 2 atom stereocenters. The minimum absolute atomic E-state index is 0.123. The maximum absolute atomic E-state index is 16.0. The second kappa shape index (κ2) is 17.1. The lowest BCUT2D eigenvalue weighted by Gasteiger charge is -2.25. The highest BCUT2D eigenvalue weighted by atomic mass is 35.5. The molecule has 3 rings (SSSR count). The van der Waals surface area contributed by atoms with E-state index in [4.69, 9.17) is 16.3 Å². The van der Waals surface area contributed by atoms with Crippen LogP contribution >= 0.6 is 11.6 Å². The van der Waals surface area contributed by atoms with E-state index in [9.17, 15) is 45.1 Å². The average molecular weight is 748 g/mol. The van der Waals surface area contributed by atoms with Crippen molar-refractivity contribution in [3.05, 3.63) is 111 Å². The van der Waals surface area contributed by atoms with Crippen molar-refractivity contribution in [3.8, 4) is 11.1 Å². The van der Waals surface area contributed by atoms with Crippen LogP contribution in [-0.4, -0.2) is 28.3 Å². The molecule has 0 saturated heterocycles. The van der Waals surface area contributed by atoms with Gasteiger partial charge in [0.2, 0.25) is 5.91 Å². The number of hydrogen-bond acceptors (Lipinski definition) is 5. The number of ether oxygens (including phenoxy) is 1. The largest absolute Gasteiger partial charge is 0.466 e. The molecular weight excluding hydrogens is 714 g/mol. The smallest absolute Gasteiger partial charge is 0.421 e. The molecule has 1 heterocycles. The number of halogens is 9. The van der Waals surface area contributed by atoms with Gasteiger partial charge in [-0.1, -0.05) is 23.8 Å². The lowest BCUT2D eigenvalue weighted by molar-refractivity contribution is -0.144. The quantitative estimate of drug-likeness (QED) is 0.0726. The first-order valence-corrected chi connectivity index (χ1v) is 16.0. The van der Waals surface area contributed by atoms with Crippen molar-refractivity contribution in [2.45, 2.75) is 76.8 Å². The van der Waals surface area contributed by atoms with Gasteiger partial charge in [0.25, 0.3) is 5.56 Å². The van der Waals surface area contributed by atoms with Gasteiger partial charge in [0, 0.05) is 5.56 Å². The number of hydrogen-bond donors (Lipinski definition) is 1. The Bertz CT molecular complexity index is 1840. The molecule has 0 spiro atoms. The molecule has 16 heteroatoms. The highest BCUT2D eigenvalue weighted by Crippen LogP contribution is 2.40. The van der Waals surface area contributed by atoms with E-state index in [-0.39, 0.29) is 40.5 Å². The van der Waals surface area contributed by atoms with Gasteiger partial charge in [-0.3, -0.25) is 14.4 Å². The molecule has 7 nitrogen and oxygen atoms in total.